The molecule has 0 saturated carbocycles. The van der Waals surface area contributed by atoms with Gasteiger partial charge in [0.25, 0.3) is 5.79 Å². The summed E-state index contributed by atoms with van der Waals surface area (Å²) in [5, 5.41) is 123. The van der Waals surface area contributed by atoms with Crippen LogP contribution in [-0.4, -0.2) is 205 Å². The van der Waals surface area contributed by atoms with E-state index in [9.17, 15) is 83.5 Å². The minimum Gasteiger partial charge on any atom is -0.477 e. The summed E-state index contributed by atoms with van der Waals surface area (Å²) in [7, 11) is -5.39. The summed E-state index contributed by atoms with van der Waals surface area (Å²) in [6, 6.07) is -3.29. The molecular weight excluding hydrogens is 1060 g/mol. The summed E-state index contributed by atoms with van der Waals surface area (Å²) < 4.78 is 59.1. The predicted octanol–water partition coefficient (Wildman–Crippen LogP) is 2.55. The number of nitrogens with one attached hydrogen (secondary N) is 2. The Morgan fingerprint density at radius 3 is 1.66 bits per heavy atom. The molecule has 0 aromatic rings. The van der Waals surface area contributed by atoms with Gasteiger partial charge in [0, 0.05) is 6.42 Å². The molecule has 0 spiro atoms. The Morgan fingerprint density at radius 1 is 0.696 bits per heavy atom. The molecule has 0 aromatic carbocycles. The molecule has 25 heteroatoms. The summed E-state index contributed by atoms with van der Waals surface area (Å²) >= 11 is 0. The summed E-state index contributed by atoms with van der Waals surface area (Å²) in [4.78, 5) is 38.5. The predicted molar refractivity (Wildman–Crippen MR) is 288 cm³/mol. The van der Waals surface area contributed by atoms with Crippen LogP contribution >= 0.6 is 0 Å². The SMILES string of the molecule is CCCCCCCCCCCCCCCCCCCCC[C@@H](O)C(=O)N[C@@H](CO[C@@H]1O[C@H](CO[C@]2(C(=O)O)C[C@H](O)[C@@H](NC(=O)CO)[C@H](C(O)C(CO)OS(=O)(=O)O)O2)[C@@H](O)[C@H](O)[C@H]1O)[C@H](O)[C@H](O)CCCCCCCC(C)C. The number of aliphatic carboxylic acids is 1. The van der Waals surface area contributed by atoms with Gasteiger partial charge in [0.15, 0.2) is 6.29 Å². The van der Waals surface area contributed by atoms with Crippen molar-refractivity contribution in [2.45, 2.75) is 292 Å². The van der Waals surface area contributed by atoms with E-state index in [0.717, 1.165) is 57.8 Å². The fraction of sp³-hybridized carbons (Fsp3) is 0.944. The van der Waals surface area contributed by atoms with Crippen LogP contribution in [0, 0.1) is 5.92 Å². The summed E-state index contributed by atoms with van der Waals surface area (Å²) in [5.74, 6) is -6.56. The number of carbonyl (C=O) groups excluding carboxylic acids is 2. The smallest absolute Gasteiger partial charge is 0.397 e. The van der Waals surface area contributed by atoms with Gasteiger partial charge >= 0.3 is 16.4 Å². The van der Waals surface area contributed by atoms with Crippen molar-refractivity contribution in [2.24, 2.45) is 5.92 Å². The Morgan fingerprint density at radius 2 is 1.19 bits per heavy atom. The summed E-state index contributed by atoms with van der Waals surface area (Å²) in [6.07, 6.45) is 3.61. The van der Waals surface area contributed by atoms with Gasteiger partial charge in [-0.1, -0.05) is 181 Å². The molecular formula is C54H102N2O22S. The maximum absolute atomic E-state index is 13.4. The van der Waals surface area contributed by atoms with E-state index in [0.29, 0.717) is 18.8 Å². The fourth-order valence-corrected chi connectivity index (χ4v) is 10.5. The lowest BCUT2D eigenvalue weighted by Gasteiger charge is -2.47. The second-order valence-corrected chi connectivity index (χ2v) is 23.2. The standard InChI is InChI=1S/C54H102N2O22S/c1-4-5-6-7-8-9-10-11-12-13-14-15-16-17-18-19-20-23-27-30-39(60)51(68)55-37(45(63)38(59)29-26-24-21-22-25-28-36(2)3)34-74-52-49(67)48(66)46(64)42(76-52)35-75-54(53(69)70)31-40(61)44(56-43(62)33-58)50(77-54)47(65)41(32-57)78-79(71,72)73/h36-42,44-50,52,57-61,63-67H,4-35H2,1-3H3,(H,55,68)(H,56,62)(H,69,70)(H,71,72,73)/t37-,38+,39+,40-,41?,42+,44+,45-,46+,47?,48-,49+,50+,52+,54+/m0/s1. The number of hydrogen-bond donors (Lipinski definition) is 14. The van der Waals surface area contributed by atoms with Crippen LogP contribution < -0.4 is 10.6 Å². The molecule has 2 aliphatic heterocycles. The normalized spacial score (nSPS) is 26.1. The Hall–Kier alpha value is -2.28. The number of rotatable bonds is 46. The average Bonchev–Trinajstić information content (AvgIpc) is 3.42. The molecule has 0 bridgehead atoms. The molecule has 2 saturated heterocycles. The number of unbranched alkanes of at least 4 members (excludes halogenated alkanes) is 22. The van der Waals surface area contributed by atoms with Crippen LogP contribution in [-0.2, 0) is 47.9 Å². The van der Waals surface area contributed by atoms with E-state index in [4.69, 9.17) is 18.9 Å². The van der Waals surface area contributed by atoms with Crippen LogP contribution in [0.2, 0.25) is 0 Å². The zero-order chi connectivity index (χ0) is 59.0. The third kappa shape index (κ3) is 28.2. The fourth-order valence-electron chi connectivity index (χ4n) is 10.0. The summed E-state index contributed by atoms with van der Waals surface area (Å²) in [6.45, 7) is 2.21. The van der Waals surface area contributed by atoms with Crippen molar-refractivity contribution in [2.75, 3.05) is 26.4 Å². The quantitative estimate of drug-likeness (QED) is 0.0308. The van der Waals surface area contributed by atoms with Crippen LogP contribution in [0.15, 0.2) is 0 Å². The number of aliphatic hydroxyl groups excluding tert-OH is 10. The molecule has 2 rings (SSSR count). The minimum absolute atomic E-state index is 0.112. The molecule has 466 valence electrons. The number of carbonyl (C=O) groups is 3. The lowest BCUT2D eigenvalue weighted by Crippen LogP contribution is -2.69. The maximum Gasteiger partial charge on any atom is 0.397 e. The molecule has 2 unspecified atom stereocenters. The number of hydrogen-bond acceptors (Lipinski definition) is 20. The van der Waals surface area contributed by atoms with Gasteiger partial charge < -0.3 is 85.8 Å². The van der Waals surface area contributed by atoms with E-state index in [1.807, 2.05) is 0 Å². The second kappa shape index (κ2) is 40.1. The number of ether oxygens (including phenoxy) is 4. The van der Waals surface area contributed by atoms with E-state index in [-0.39, 0.29) is 12.8 Å². The van der Waals surface area contributed by atoms with E-state index >= 15 is 0 Å². The van der Waals surface area contributed by atoms with Gasteiger partial charge in [0.2, 0.25) is 11.8 Å². The molecule has 2 amide bonds. The van der Waals surface area contributed by atoms with Crippen LogP contribution in [0.4, 0.5) is 0 Å². The lowest BCUT2D eigenvalue weighted by atomic mass is 9.88. The molecule has 0 aliphatic carbocycles. The van der Waals surface area contributed by atoms with E-state index in [1.165, 1.54) is 89.9 Å². The molecule has 0 radical (unpaired) electrons. The highest BCUT2D eigenvalue weighted by molar-refractivity contribution is 7.80. The molecule has 15 atom stereocenters. The van der Waals surface area contributed by atoms with Crippen molar-refractivity contribution in [1.29, 1.82) is 0 Å². The second-order valence-electron chi connectivity index (χ2n) is 22.1. The topological polar surface area (TPSA) is 398 Å². The minimum atomic E-state index is -5.39. The monoisotopic (exact) mass is 1160 g/mol. The summed E-state index contributed by atoms with van der Waals surface area (Å²) in [5.41, 5.74) is 0. The van der Waals surface area contributed by atoms with Crippen molar-refractivity contribution in [3.05, 3.63) is 0 Å². The first-order valence-electron chi connectivity index (χ1n) is 29.3. The number of carboxylic acids is 1. The van der Waals surface area contributed by atoms with Gasteiger partial charge in [-0.25, -0.2) is 8.98 Å². The first-order chi connectivity index (χ1) is 37.5. The average molecular weight is 1160 g/mol. The molecule has 0 aromatic heterocycles. The molecule has 14 N–H and O–H groups in total. The van der Waals surface area contributed by atoms with Crippen LogP contribution in [0.5, 0.6) is 0 Å². The van der Waals surface area contributed by atoms with Gasteiger partial charge in [-0.3, -0.25) is 14.1 Å². The van der Waals surface area contributed by atoms with Crippen molar-refractivity contribution >= 4 is 28.2 Å². The maximum atomic E-state index is 13.4. The highest BCUT2D eigenvalue weighted by atomic mass is 32.3. The van der Waals surface area contributed by atoms with Gasteiger partial charge in [-0.05, 0) is 18.8 Å². The van der Waals surface area contributed by atoms with E-state index in [2.05, 4.69) is 35.6 Å². The zero-order valence-corrected chi connectivity index (χ0v) is 48.0. The largest absolute Gasteiger partial charge is 0.477 e. The van der Waals surface area contributed by atoms with E-state index in [1.54, 1.807) is 0 Å². The first-order valence-corrected chi connectivity index (χ1v) is 30.6. The molecule has 2 fully saturated rings. The Bertz CT molecular complexity index is 1750. The third-order valence-electron chi connectivity index (χ3n) is 14.9. The van der Waals surface area contributed by atoms with Crippen LogP contribution in [0.1, 0.15) is 201 Å². The number of aliphatic hydroxyl groups is 10. The Balaban J connectivity index is 2.09. The van der Waals surface area contributed by atoms with E-state index < -0.39 is 152 Å². The third-order valence-corrected chi connectivity index (χ3v) is 15.4. The molecule has 24 nitrogen and oxygen atoms in total. The highest BCUT2D eigenvalue weighted by Gasteiger charge is 2.57. The first kappa shape index (κ1) is 72.8. The zero-order valence-electron chi connectivity index (χ0n) is 47.1. The lowest BCUT2D eigenvalue weighted by molar-refractivity contribution is -0.339. The Labute approximate surface area is 468 Å². The molecule has 2 aliphatic rings. The van der Waals surface area contributed by atoms with Crippen LogP contribution in [0.25, 0.3) is 0 Å². The molecule has 2 heterocycles. The van der Waals surface area contributed by atoms with Gasteiger partial charge in [-0.15, -0.1) is 0 Å². The highest BCUT2D eigenvalue weighted by Crippen LogP contribution is 2.35. The number of carboxylic acid groups (broad SMARTS) is 1. The van der Waals surface area contributed by atoms with Crippen LogP contribution in [0.3, 0.4) is 0 Å². The molecule has 79 heavy (non-hydrogen) atoms. The number of amides is 2. The van der Waals surface area contributed by atoms with Gasteiger partial charge in [-0.2, -0.15) is 8.42 Å². The van der Waals surface area contributed by atoms with Gasteiger partial charge in [0.05, 0.1) is 44.1 Å². The Kier molecular flexibility index (Phi) is 36.9. The van der Waals surface area contributed by atoms with Crippen molar-refractivity contribution in [3.8, 4) is 0 Å². The van der Waals surface area contributed by atoms with Crippen molar-refractivity contribution in [3.63, 3.8) is 0 Å². The van der Waals surface area contributed by atoms with Crippen molar-refractivity contribution in [1.82, 2.24) is 10.6 Å². The van der Waals surface area contributed by atoms with Crippen molar-refractivity contribution < 1.29 is 107 Å². The van der Waals surface area contributed by atoms with Gasteiger partial charge in [0.1, 0.15) is 61.5 Å².